The van der Waals surface area contributed by atoms with Crippen LogP contribution in [0.25, 0.3) is 0 Å². The van der Waals surface area contributed by atoms with E-state index < -0.39 is 0 Å². The van der Waals surface area contributed by atoms with Gasteiger partial charge in [-0.05, 0) is 12.8 Å². The fraction of sp³-hybridized carbons (Fsp3) is 1.00. The number of halogens is 1. The third-order valence-electron chi connectivity index (χ3n) is 3.73. The predicted molar refractivity (Wildman–Crippen MR) is 77.1 cm³/mol. The number of hydrogen-bond acceptors (Lipinski definition) is 2. The van der Waals surface area contributed by atoms with E-state index in [1.807, 2.05) is 7.05 Å². The first-order valence-corrected chi connectivity index (χ1v) is 7.74. The van der Waals surface area contributed by atoms with Gasteiger partial charge in [-0.15, -0.1) is 0 Å². The first-order valence-electron chi connectivity index (χ1n) is 7.74. The zero-order valence-corrected chi connectivity index (χ0v) is 13.7. The summed E-state index contributed by atoms with van der Waals surface area (Å²) in [5, 5.41) is 18.3. The van der Waals surface area contributed by atoms with Gasteiger partial charge in [0.2, 0.25) is 0 Å². The summed E-state index contributed by atoms with van der Waals surface area (Å²) in [4.78, 5) is 0. The van der Waals surface area contributed by atoms with Crippen LogP contribution < -0.4 is 12.4 Å². The summed E-state index contributed by atoms with van der Waals surface area (Å²) in [5.74, 6) is 0. The molecule has 0 saturated heterocycles. The average Bonchev–Trinajstić information content (AvgIpc) is 2.40. The van der Waals surface area contributed by atoms with Gasteiger partial charge in [-0.2, -0.15) is 0 Å². The zero-order valence-electron chi connectivity index (χ0n) is 12.9. The van der Waals surface area contributed by atoms with Crippen molar-refractivity contribution in [3.05, 3.63) is 0 Å². The van der Waals surface area contributed by atoms with E-state index >= 15 is 0 Å². The molecule has 0 heterocycles. The van der Waals surface area contributed by atoms with Gasteiger partial charge in [0.05, 0.1) is 13.6 Å². The van der Waals surface area contributed by atoms with Crippen molar-refractivity contribution in [3.63, 3.8) is 0 Å². The van der Waals surface area contributed by atoms with Crippen LogP contribution in [0.15, 0.2) is 0 Å². The Morgan fingerprint density at radius 3 is 1.42 bits per heavy atom. The van der Waals surface area contributed by atoms with Gasteiger partial charge >= 0.3 is 0 Å². The molecule has 0 spiro atoms. The Morgan fingerprint density at radius 1 is 0.684 bits per heavy atom. The maximum Gasteiger partial charge on any atom is 0.181 e. The number of aliphatic hydroxyl groups excluding tert-OH is 2. The molecular weight excluding hydrogens is 262 g/mol. The molecule has 0 aromatic heterocycles. The molecule has 0 aromatic rings. The standard InChI is InChI=1S/C15H34NO2.ClH/c1-3-4-5-6-7-8-9-10-11-12-13-16(2,14-17)15-18;/h17-18H,3-15H2,1-2H3;1H/q+1;/p-1. The van der Waals surface area contributed by atoms with Crippen molar-refractivity contribution >= 4 is 0 Å². The number of rotatable bonds is 13. The van der Waals surface area contributed by atoms with Crippen LogP contribution in [0.2, 0.25) is 0 Å². The van der Waals surface area contributed by atoms with E-state index in [-0.39, 0.29) is 25.9 Å². The minimum atomic E-state index is 0. The van der Waals surface area contributed by atoms with Gasteiger partial charge in [-0.1, -0.05) is 58.3 Å². The van der Waals surface area contributed by atoms with Crippen molar-refractivity contribution < 1.29 is 27.1 Å². The molecule has 0 atom stereocenters. The maximum atomic E-state index is 9.14. The largest absolute Gasteiger partial charge is 1.00 e. The second kappa shape index (κ2) is 14.6. The molecule has 0 aliphatic heterocycles. The normalized spacial score (nSPS) is 11.4. The van der Waals surface area contributed by atoms with E-state index in [0.717, 1.165) is 13.0 Å². The highest BCUT2D eigenvalue weighted by molar-refractivity contribution is 4.47. The van der Waals surface area contributed by atoms with E-state index in [4.69, 9.17) is 10.2 Å². The summed E-state index contributed by atoms with van der Waals surface area (Å²) in [6, 6.07) is 0. The van der Waals surface area contributed by atoms with Gasteiger partial charge in [-0.25, -0.2) is 0 Å². The number of unbranched alkanes of at least 4 members (excludes halogenated alkanes) is 9. The Balaban J connectivity index is 0. The minimum Gasteiger partial charge on any atom is -1.00 e. The summed E-state index contributed by atoms with van der Waals surface area (Å²) in [6.45, 7) is 3.20. The fourth-order valence-electron chi connectivity index (χ4n) is 2.17. The van der Waals surface area contributed by atoms with Crippen LogP contribution in [0, 0.1) is 0 Å². The highest BCUT2D eigenvalue weighted by Crippen LogP contribution is 2.11. The van der Waals surface area contributed by atoms with Gasteiger partial charge in [0.1, 0.15) is 0 Å². The molecule has 0 fully saturated rings. The SMILES string of the molecule is CCCCCCCCCCCC[N+](C)(CO)CO.[Cl-]. The highest BCUT2D eigenvalue weighted by atomic mass is 35.5. The molecule has 118 valence electrons. The van der Waals surface area contributed by atoms with Crippen molar-refractivity contribution in [2.75, 3.05) is 27.1 Å². The number of hydrogen-bond donors (Lipinski definition) is 2. The Bertz CT molecular complexity index is 176. The average molecular weight is 296 g/mol. The van der Waals surface area contributed by atoms with E-state index in [2.05, 4.69) is 6.92 Å². The third-order valence-corrected chi connectivity index (χ3v) is 3.73. The Hall–Kier alpha value is 0.170. The molecule has 2 N–H and O–H groups in total. The van der Waals surface area contributed by atoms with Crippen molar-refractivity contribution in [1.29, 1.82) is 0 Å². The van der Waals surface area contributed by atoms with Crippen LogP contribution >= 0.6 is 0 Å². The van der Waals surface area contributed by atoms with Crippen LogP contribution in [0.5, 0.6) is 0 Å². The zero-order chi connectivity index (χ0) is 13.7. The Labute approximate surface area is 126 Å². The van der Waals surface area contributed by atoms with Crippen molar-refractivity contribution in [2.24, 2.45) is 0 Å². The van der Waals surface area contributed by atoms with Crippen LogP contribution in [0.1, 0.15) is 71.1 Å². The second-order valence-electron chi connectivity index (χ2n) is 5.81. The van der Waals surface area contributed by atoms with Gasteiger partial charge in [0, 0.05) is 0 Å². The molecule has 0 amide bonds. The quantitative estimate of drug-likeness (QED) is 0.291. The summed E-state index contributed by atoms with van der Waals surface area (Å²) in [7, 11) is 1.90. The molecule has 0 aliphatic rings. The van der Waals surface area contributed by atoms with Crippen LogP contribution in [-0.4, -0.2) is 41.8 Å². The first-order chi connectivity index (χ1) is 8.68. The lowest BCUT2D eigenvalue weighted by Crippen LogP contribution is -3.00. The van der Waals surface area contributed by atoms with Crippen molar-refractivity contribution in [1.82, 2.24) is 0 Å². The van der Waals surface area contributed by atoms with E-state index in [9.17, 15) is 0 Å². The van der Waals surface area contributed by atoms with Gasteiger partial charge in [0.25, 0.3) is 0 Å². The molecule has 3 nitrogen and oxygen atoms in total. The lowest BCUT2D eigenvalue weighted by atomic mass is 10.1. The maximum absolute atomic E-state index is 9.14. The molecular formula is C15H34ClNO2. The molecule has 19 heavy (non-hydrogen) atoms. The molecule has 0 bridgehead atoms. The first kappa shape index (κ1) is 21.5. The van der Waals surface area contributed by atoms with Crippen LogP contribution in [-0.2, 0) is 0 Å². The molecule has 0 radical (unpaired) electrons. The summed E-state index contributed by atoms with van der Waals surface area (Å²) >= 11 is 0. The molecule has 0 aliphatic carbocycles. The molecule has 0 unspecified atom stereocenters. The lowest BCUT2D eigenvalue weighted by molar-refractivity contribution is -0.944. The van der Waals surface area contributed by atoms with Crippen molar-refractivity contribution in [3.8, 4) is 0 Å². The van der Waals surface area contributed by atoms with Crippen LogP contribution in [0.3, 0.4) is 0 Å². The summed E-state index contributed by atoms with van der Waals surface area (Å²) in [5.41, 5.74) is 0. The molecule has 4 heteroatoms. The van der Waals surface area contributed by atoms with E-state index in [1.54, 1.807) is 0 Å². The molecule has 0 saturated carbocycles. The van der Waals surface area contributed by atoms with Gasteiger partial charge in [-0.3, -0.25) is 4.48 Å². The fourth-order valence-corrected chi connectivity index (χ4v) is 2.17. The number of nitrogens with zero attached hydrogens (tertiary/aromatic N) is 1. The van der Waals surface area contributed by atoms with Crippen molar-refractivity contribution in [2.45, 2.75) is 71.1 Å². The molecule has 0 aromatic carbocycles. The highest BCUT2D eigenvalue weighted by Gasteiger charge is 2.17. The van der Waals surface area contributed by atoms with E-state index in [0.29, 0.717) is 4.48 Å². The summed E-state index contributed by atoms with van der Waals surface area (Å²) in [6.07, 6.45) is 13.2. The monoisotopic (exact) mass is 295 g/mol. The predicted octanol–water partition coefficient (Wildman–Crippen LogP) is 0.258. The smallest absolute Gasteiger partial charge is 0.181 e. The van der Waals surface area contributed by atoms with E-state index in [1.165, 1.54) is 57.8 Å². The van der Waals surface area contributed by atoms with Gasteiger partial charge < -0.3 is 22.6 Å². The number of quaternary nitrogens is 1. The molecule has 0 rings (SSSR count). The second-order valence-corrected chi connectivity index (χ2v) is 5.81. The lowest BCUT2D eigenvalue weighted by Gasteiger charge is -2.29. The van der Waals surface area contributed by atoms with Gasteiger partial charge in [0.15, 0.2) is 13.5 Å². The Morgan fingerprint density at radius 2 is 1.05 bits per heavy atom. The minimum absolute atomic E-state index is 0. The number of aliphatic hydroxyl groups is 2. The third kappa shape index (κ3) is 12.9. The van der Waals surface area contributed by atoms with Crippen LogP contribution in [0.4, 0.5) is 0 Å². The summed E-state index contributed by atoms with van der Waals surface area (Å²) < 4.78 is 0.372. The Kier molecular flexibility index (Phi) is 16.5. The topological polar surface area (TPSA) is 40.5 Å².